The molecule has 3 aromatic rings. The average molecular weight is 310 g/mol. The summed E-state index contributed by atoms with van der Waals surface area (Å²) in [5.74, 6) is 0.436. The Hall–Kier alpha value is -2.88. The molecule has 3 nitrogen and oxygen atoms in total. The van der Waals surface area contributed by atoms with Crippen LogP contribution in [0.4, 0.5) is 4.39 Å². The first-order valence-corrected chi connectivity index (χ1v) is 7.07. The van der Waals surface area contributed by atoms with Crippen molar-refractivity contribution >= 4 is 17.1 Å². The van der Waals surface area contributed by atoms with Gasteiger partial charge in [-0.3, -0.25) is 4.79 Å². The fraction of sp³-hybridized carbons (Fsp3) is 0.105. The molecule has 0 aliphatic heterocycles. The van der Waals surface area contributed by atoms with Crippen LogP contribution in [-0.2, 0) is 0 Å². The van der Waals surface area contributed by atoms with E-state index in [-0.39, 0.29) is 5.75 Å². The predicted octanol–water partition coefficient (Wildman–Crippen LogP) is 4.48. The Balaban J connectivity index is 2.19. The highest BCUT2D eigenvalue weighted by atomic mass is 19.1. The molecular weight excluding hydrogens is 295 g/mol. The average Bonchev–Trinajstić information content (AvgIpc) is 2.60. The zero-order chi connectivity index (χ0) is 16.4. The van der Waals surface area contributed by atoms with Crippen molar-refractivity contribution in [2.24, 2.45) is 0 Å². The van der Waals surface area contributed by atoms with E-state index in [0.29, 0.717) is 16.9 Å². The van der Waals surface area contributed by atoms with Gasteiger partial charge in [-0.15, -0.1) is 0 Å². The molecule has 0 unspecified atom stereocenters. The zero-order valence-electron chi connectivity index (χ0n) is 12.8. The van der Waals surface area contributed by atoms with Gasteiger partial charge in [0.2, 0.25) is 0 Å². The van der Waals surface area contributed by atoms with Crippen LogP contribution < -0.4 is 9.47 Å². The van der Waals surface area contributed by atoms with Gasteiger partial charge in [0.15, 0.2) is 17.9 Å². The number of methoxy groups -OCH3 is 2. The summed E-state index contributed by atoms with van der Waals surface area (Å²) in [6, 6.07) is 13.9. The molecule has 0 saturated heterocycles. The molecule has 0 fully saturated rings. The molecule has 23 heavy (non-hydrogen) atoms. The summed E-state index contributed by atoms with van der Waals surface area (Å²) in [7, 11) is 3.00. The number of fused-ring (bicyclic) bond motifs is 1. The SMILES string of the molecule is COc1ccc2cc(-c3ccc(OC)c(F)c3)cc(C=O)c2c1. The highest BCUT2D eigenvalue weighted by molar-refractivity contribution is 6.01. The summed E-state index contributed by atoms with van der Waals surface area (Å²) in [6.45, 7) is 0. The zero-order valence-corrected chi connectivity index (χ0v) is 12.8. The molecule has 0 aliphatic carbocycles. The van der Waals surface area contributed by atoms with Crippen LogP contribution in [0.5, 0.6) is 11.5 Å². The first-order chi connectivity index (χ1) is 11.2. The van der Waals surface area contributed by atoms with Crippen molar-refractivity contribution in [3.05, 3.63) is 59.9 Å². The molecule has 3 rings (SSSR count). The Morgan fingerprint density at radius 3 is 2.39 bits per heavy atom. The maximum atomic E-state index is 13.9. The molecule has 0 radical (unpaired) electrons. The lowest BCUT2D eigenvalue weighted by atomic mass is 9.97. The van der Waals surface area contributed by atoms with Crippen LogP contribution in [-0.4, -0.2) is 20.5 Å². The maximum Gasteiger partial charge on any atom is 0.165 e. The van der Waals surface area contributed by atoms with Gasteiger partial charge in [0.25, 0.3) is 0 Å². The number of carbonyl (C=O) groups is 1. The first-order valence-electron chi connectivity index (χ1n) is 7.07. The van der Waals surface area contributed by atoms with Crippen molar-refractivity contribution in [3.8, 4) is 22.6 Å². The second-order valence-electron chi connectivity index (χ2n) is 5.12. The molecule has 0 bridgehead atoms. The molecule has 4 heteroatoms. The van der Waals surface area contributed by atoms with Gasteiger partial charge in [-0.05, 0) is 58.3 Å². The molecule has 116 valence electrons. The van der Waals surface area contributed by atoms with Crippen LogP contribution in [0.1, 0.15) is 10.4 Å². The van der Waals surface area contributed by atoms with Crippen molar-refractivity contribution in [1.29, 1.82) is 0 Å². The van der Waals surface area contributed by atoms with E-state index in [1.165, 1.54) is 13.2 Å². The van der Waals surface area contributed by atoms with E-state index in [4.69, 9.17) is 9.47 Å². The van der Waals surface area contributed by atoms with Gasteiger partial charge in [-0.25, -0.2) is 4.39 Å². The van der Waals surface area contributed by atoms with E-state index in [1.54, 1.807) is 25.3 Å². The summed E-state index contributed by atoms with van der Waals surface area (Å²) in [4.78, 5) is 11.4. The number of aldehydes is 1. The fourth-order valence-electron chi connectivity index (χ4n) is 2.60. The van der Waals surface area contributed by atoms with E-state index >= 15 is 0 Å². The van der Waals surface area contributed by atoms with Gasteiger partial charge in [0.05, 0.1) is 14.2 Å². The third-order valence-electron chi connectivity index (χ3n) is 3.81. The number of halogens is 1. The topological polar surface area (TPSA) is 35.5 Å². The Labute approximate surface area is 133 Å². The van der Waals surface area contributed by atoms with Crippen LogP contribution in [0, 0.1) is 5.82 Å². The molecule has 0 amide bonds. The lowest BCUT2D eigenvalue weighted by molar-refractivity contribution is 0.112. The largest absolute Gasteiger partial charge is 0.497 e. The van der Waals surface area contributed by atoms with Gasteiger partial charge >= 0.3 is 0 Å². The number of hydrogen-bond acceptors (Lipinski definition) is 3. The first kappa shape index (κ1) is 15.0. The van der Waals surface area contributed by atoms with Gasteiger partial charge in [-0.2, -0.15) is 0 Å². The number of ether oxygens (including phenoxy) is 2. The highest BCUT2D eigenvalue weighted by Crippen LogP contribution is 2.31. The van der Waals surface area contributed by atoms with Crippen molar-refractivity contribution in [1.82, 2.24) is 0 Å². The van der Waals surface area contributed by atoms with Gasteiger partial charge in [0, 0.05) is 5.56 Å². The Morgan fingerprint density at radius 1 is 0.913 bits per heavy atom. The highest BCUT2D eigenvalue weighted by Gasteiger charge is 2.09. The molecule has 0 spiro atoms. The van der Waals surface area contributed by atoms with Gasteiger partial charge in [0.1, 0.15) is 5.75 Å². The summed E-state index contributed by atoms with van der Waals surface area (Å²) in [5.41, 5.74) is 1.99. The van der Waals surface area contributed by atoms with Crippen molar-refractivity contribution < 1.29 is 18.7 Å². The van der Waals surface area contributed by atoms with Crippen LogP contribution in [0.15, 0.2) is 48.5 Å². The molecule has 3 aromatic carbocycles. The molecule has 0 heterocycles. The minimum absolute atomic E-state index is 0.190. The standard InChI is InChI=1S/C19H15FO3/c1-22-16-5-3-13-7-14(8-15(11-21)17(13)10-16)12-4-6-19(23-2)18(20)9-12/h3-11H,1-2H3. The van der Waals surface area contributed by atoms with E-state index in [1.807, 2.05) is 24.3 Å². The Morgan fingerprint density at radius 2 is 1.74 bits per heavy atom. The Kier molecular flexibility index (Phi) is 3.98. The van der Waals surface area contributed by atoms with Gasteiger partial charge in [-0.1, -0.05) is 12.1 Å². The number of carbonyl (C=O) groups excluding carboxylic acids is 1. The van der Waals surface area contributed by atoms with Gasteiger partial charge < -0.3 is 9.47 Å². The van der Waals surface area contributed by atoms with Crippen LogP contribution in [0.2, 0.25) is 0 Å². The Bertz CT molecular complexity index is 887. The third-order valence-corrected chi connectivity index (χ3v) is 3.81. The molecule has 0 aromatic heterocycles. The number of rotatable bonds is 4. The molecule has 0 N–H and O–H groups in total. The van der Waals surface area contributed by atoms with E-state index in [0.717, 1.165) is 22.6 Å². The number of hydrogen-bond donors (Lipinski definition) is 0. The van der Waals surface area contributed by atoms with Crippen LogP contribution >= 0.6 is 0 Å². The smallest absolute Gasteiger partial charge is 0.165 e. The lowest BCUT2D eigenvalue weighted by Crippen LogP contribution is -1.91. The molecule has 0 atom stereocenters. The summed E-state index contributed by atoms with van der Waals surface area (Å²) in [5, 5.41) is 1.69. The second-order valence-corrected chi connectivity index (χ2v) is 5.12. The molecular formula is C19H15FO3. The monoisotopic (exact) mass is 310 g/mol. The van der Waals surface area contributed by atoms with Crippen LogP contribution in [0.3, 0.4) is 0 Å². The number of benzene rings is 3. The molecule has 0 aliphatic rings. The summed E-state index contributed by atoms with van der Waals surface area (Å²) >= 11 is 0. The normalized spacial score (nSPS) is 10.6. The summed E-state index contributed by atoms with van der Waals surface area (Å²) < 4.78 is 24.1. The van der Waals surface area contributed by atoms with Crippen molar-refractivity contribution in [3.63, 3.8) is 0 Å². The summed E-state index contributed by atoms with van der Waals surface area (Å²) in [6.07, 6.45) is 0.797. The van der Waals surface area contributed by atoms with E-state index in [2.05, 4.69) is 0 Å². The second kappa shape index (κ2) is 6.08. The lowest BCUT2D eigenvalue weighted by Gasteiger charge is -2.10. The quantitative estimate of drug-likeness (QED) is 0.667. The maximum absolute atomic E-state index is 13.9. The van der Waals surface area contributed by atoms with E-state index < -0.39 is 5.82 Å². The third kappa shape index (κ3) is 2.75. The van der Waals surface area contributed by atoms with Crippen molar-refractivity contribution in [2.45, 2.75) is 0 Å². The minimum Gasteiger partial charge on any atom is -0.497 e. The van der Waals surface area contributed by atoms with E-state index in [9.17, 15) is 9.18 Å². The minimum atomic E-state index is -0.438. The molecule has 0 saturated carbocycles. The van der Waals surface area contributed by atoms with Crippen LogP contribution in [0.25, 0.3) is 21.9 Å². The van der Waals surface area contributed by atoms with Crippen molar-refractivity contribution in [2.75, 3.05) is 14.2 Å². The predicted molar refractivity (Wildman–Crippen MR) is 87.8 cm³/mol. The fourth-order valence-corrected chi connectivity index (χ4v) is 2.60.